The van der Waals surface area contributed by atoms with Crippen LogP contribution in [0.5, 0.6) is 5.75 Å². The molecule has 0 radical (unpaired) electrons. The first-order chi connectivity index (χ1) is 10.0. The molecule has 0 spiro atoms. The number of hydrogen-bond donors (Lipinski definition) is 2. The lowest BCUT2D eigenvalue weighted by Gasteiger charge is -2.14. The molecule has 1 atom stereocenters. The summed E-state index contributed by atoms with van der Waals surface area (Å²) in [6, 6.07) is 5.43. The van der Waals surface area contributed by atoms with E-state index in [4.69, 9.17) is 4.74 Å². The molecule has 5 nitrogen and oxygen atoms in total. The maximum atomic E-state index is 12.4. The number of rotatable bonds is 7. The maximum absolute atomic E-state index is 12.4. The molecule has 1 aliphatic rings. The van der Waals surface area contributed by atoms with Gasteiger partial charge in [-0.1, -0.05) is 15.9 Å². The summed E-state index contributed by atoms with van der Waals surface area (Å²) in [5, 5.41) is 3.36. The van der Waals surface area contributed by atoms with Gasteiger partial charge in [-0.2, -0.15) is 0 Å². The summed E-state index contributed by atoms with van der Waals surface area (Å²) in [7, 11) is -3.56. The number of nitrogens with one attached hydrogen (secondary N) is 2. The van der Waals surface area contributed by atoms with Crippen LogP contribution in [0.1, 0.15) is 26.2 Å². The number of hydrogen-bond acceptors (Lipinski definition) is 4. The topological polar surface area (TPSA) is 67.4 Å². The third-order valence-corrected chi connectivity index (χ3v) is 5.42. The third-order valence-electron chi connectivity index (χ3n) is 3.44. The largest absolute Gasteiger partial charge is 0.492 e. The van der Waals surface area contributed by atoms with Gasteiger partial charge in [-0.25, -0.2) is 13.1 Å². The van der Waals surface area contributed by atoms with Gasteiger partial charge in [0.2, 0.25) is 10.0 Å². The Morgan fingerprint density at radius 3 is 2.95 bits per heavy atom. The van der Waals surface area contributed by atoms with Gasteiger partial charge in [-0.15, -0.1) is 0 Å². The molecule has 2 rings (SSSR count). The lowest BCUT2D eigenvalue weighted by molar-refractivity contribution is 0.331. The second-order valence-electron chi connectivity index (χ2n) is 5.00. The Hall–Kier alpha value is -0.630. The monoisotopic (exact) mass is 376 g/mol. The highest BCUT2D eigenvalue weighted by Gasteiger charge is 2.21. The highest BCUT2D eigenvalue weighted by Crippen LogP contribution is 2.27. The highest BCUT2D eigenvalue weighted by molar-refractivity contribution is 9.10. The molecule has 0 aliphatic carbocycles. The summed E-state index contributed by atoms with van der Waals surface area (Å²) in [6.07, 6.45) is 3.08. The second-order valence-corrected chi connectivity index (χ2v) is 7.65. The summed E-state index contributed by atoms with van der Waals surface area (Å²) < 4.78 is 33.6. The molecule has 1 aromatic carbocycles. The predicted octanol–water partition coefficient (Wildman–Crippen LogP) is 2.27. The quantitative estimate of drug-likeness (QED) is 0.765. The molecule has 0 aromatic heterocycles. The fourth-order valence-corrected chi connectivity index (χ4v) is 4.14. The molecule has 1 fully saturated rings. The van der Waals surface area contributed by atoms with Crippen LogP contribution in [0.15, 0.2) is 27.6 Å². The second kappa shape index (κ2) is 7.58. The molecule has 1 unspecified atom stereocenters. The van der Waals surface area contributed by atoms with Crippen LogP contribution in [0.4, 0.5) is 0 Å². The Bertz CT molecular complexity index is 572. The van der Waals surface area contributed by atoms with Gasteiger partial charge >= 0.3 is 0 Å². The summed E-state index contributed by atoms with van der Waals surface area (Å²) in [4.78, 5) is 0.179. The maximum Gasteiger partial charge on any atom is 0.244 e. The van der Waals surface area contributed by atoms with Gasteiger partial charge in [0.15, 0.2) is 0 Å². The van der Waals surface area contributed by atoms with Crippen molar-refractivity contribution in [1.29, 1.82) is 0 Å². The number of sulfonamides is 1. The van der Waals surface area contributed by atoms with E-state index < -0.39 is 10.0 Å². The normalized spacial score (nSPS) is 18.9. The molecule has 0 saturated carbocycles. The van der Waals surface area contributed by atoms with Crippen molar-refractivity contribution in [2.24, 2.45) is 0 Å². The third kappa shape index (κ3) is 4.67. The summed E-state index contributed by atoms with van der Waals surface area (Å²) >= 11 is 3.30. The van der Waals surface area contributed by atoms with Gasteiger partial charge in [-0.05, 0) is 50.9 Å². The van der Waals surface area contributed by atoms with Crippen LogP contribution in [0.3, 0.4) is 0 Å². The predicted molar refractivity (Wildman–Crippen MR) is 86.1 cm³/mol. The van der Waals surface area contributed by atoms with Crippen LogP contribution in [0, 0.1) is 0 Å². The zero-order chi connectivity index (χ0) is 15.3. The molecular formula is C14H21BrN2O3S. The first-order valence-electron chi connectivity index (χ1n) is 7.18. The summed E-state index contributed by atoms with van der Waals surface area (Å²) in [5.74, 6) is 0.382. The Balaban J connectivity index is 2.05. The van der Waals surface area contributed by atoms with Crippen molar-refractivity contribution in [2.75, 3.05) is 19.7 Å². The van der Waals surface area contributed by atoms with Gasteiger partial charge in [0.05, 0.1) is 6.61 Å². The molecule has 1 aliphatic heterocycles. The van der Waals surface area contributed by atoms with Gasteiger partial charge in [0.1, 0.15) is 10.6 Å². The smallest absolute Gasteiger partial charge is 0.244 e. The summed E-state index contributed by atoms with van der Waals surface area (Å²) in [6.45, 7) is 3.71. The minimum absolute atomic E-state index is 0.179. The highest BCUT2D eigenvalue weighted by atomic mass is 79.9. The fraction of sp³-hybridized carbons (Fsp3) is 0.571. The van der Waals surface area contributed by atoms with Crippen molar-refractivity contribution in [2.45, 2.75) is 37.1 Å². The minimum atomic E-state index is -3.56. The standard InChI is InChI=1S/C14H21BrN2O3S/c1-2-20-13-6-5-11(15)10-14(13)21(18,19)17-9-7-12-4-3-8-16-12/h5-6,10,12,16-17H,2-4,7-9H2,1H3. The van der Waals surface area contributed by atoms with Crippen molar-refractivity contribution < 1.29 is 13.2 Å². The van der Waals surface area contributed by atoms with E-state index in [2.05, 4.69) is 26.0 Å². The first kappa shape index (κ1) is 16.7. The van der Waals surface area contributed by atoms with E-state index in [1.807, 2.05) is 6.92 Å². The molecule has 21 heavy (non-hydrogen) atoms. The van der Waals surface area contributed by atoms with Crippen LogP contribution in [0.2, 0.25) is 0 Å². The molecule has 1 aromatic rings. The Morgan fingerprint density at radius 1 is 1.48 bits per heavy atom. The first-order valence-corrected chi connectivity index (χ1v) is 9.46. The molecule has 118 valence electrons. The van der Waals surface area contributed by atoms with Crippen molar-refractivity contribution in [3.05, 3.63) is 22.7 Å². The van der Waals surface area contributed by atoms with Crippen molar-refractivity contribution in [1.82, 2.24) is 10.0 Å². The minimum Gasteiger partial charge on any atom is -0.492 e. The van der Waals surface area contributed by atoms with E-state index in [0.717, 1.165) is 25.8 Å². The fourth-order valence-electron chi connectivity index (χ4n) is 2.42. The Kier molecular flexibility index (Phi) is 6.04. The van der Waals surface area contributed by atoms with E-state index in [-0.39, 0.29) is 4.90 Å². The molecule has 2 N–H and O–H groups in total. The molecule has 7 heteroatoms. The van der Waals surface area contributed by atoms with Crippen LogP contribution < -0.4 is 14.8 Å². The average Bonchev–Trinajstić information content (AvgIpc) is 2.94. The lowest BCUT2D eigenvalue weighted by Crippen LogP contribution is -2.30. The van der Waals surface area contributed by atoms with Crippen molar-refractivity contribution in [3.63, 3.8) is 0 Å². The van der Waals surface area contributed by atoms with Gasteiger partial charge in [0, 0.05) is 17.1 Å². The Labute approximate surface area is 134 Å². The molecule has 1 saturated heterocycles. The van der Waals surface area contributed by atoms with Crippen LogP contribution in [0.25, 0.3) is 0 Å². The summed E-state index contributed by atoms with van der Waals surface area (Å²) in [5.41, 5.74) is 0. The van der Waals surface area contributed by atoms with Crippen LogP contribution >= 0.6 is 15.9 Å². The van der Waals surface area contributed by atoms with Crippen LogP contribution in [-0.2, 0) is 10.0 Å². The van der Waals surface area contributed by atoms with Gasteiger partial charge in [0.25, 0.3) is 0 Å². The molecule has 0 bridgehead atoms. The van der Waals surface area contributed by atoms with Crippen LogP contribution in [-0.4, -0.2) is 34.2 Å². The number of benzene rings is 1. The van der Waals surface area contributed by atoms with Crippen molar-refractivity contribution in [3.8, 4) is 5.75 Å². The molecule has 0 amide bonds. The van der Waals surface area contributed by atoms with Gasteiger partial charge < -0.3 is 10.1 Å². The van der Waals surface area contributed by atoms with Crippen molar-refractivity contribution >= 4 is 26.0 Å². The van der Waals surface area contributed by atoms with E-state index >= 15 is 0 Å². The van der Waals surface area contributed by atoms with Gasteiger partial charge in [-0.3, -0.25) is 0 Å². The van der Waals surface area contributed by atoms with E-state index in [9.17, 15) is 8.42 Å². The zero-order valence-corrected chi connectivity index (χ0v) is 14.5. The van der Waals surface area contributed by atoms with E-state index in [1.165, 1.54) is 0 Å². The number of halogens is 1. The number of ether oxygens (including phenoxy) is 1. The zero-order valence-electron chi connectivity index (χ0n) is 12.1. The lowest BCUT2D eigenvalue weighted by atomic mass is 10.2. The Morgan fingerprint density at radius 2 is 2.29 bits per heavy atom. The average molecular weight is 377 g/mol. The van der Waals surface area contributed by atoms with E-state index in [0.29, 0.717) is 29.4 Å². The molecular weight excluding hydrogens is 356 g/mol. The SMILES string of the molecule is CCOc1ccc(Br)cc1S(=O)(=O)NCCC1CCCN1. The van der Waals surface area contributed by atoms with E-state index in [1.54, 1.807) is 18.2 Å². The molecule has 1 heterocycles.